The van der Waals surface area contributed by atoms with Crippen LogP contribution in [0.2, 0.25) is 0 Å². The number of hydrogen-bond acceptors (Lipinski definition) is 4. The zero-order chi connectivity index (χ0) is 16.7. The summed E-state index contributed by atoms with van der Waals surface area (Å²) in [6, 6.07) is 13.8. The molecule has 0 aromatic heterocycles. The third kappa shape index (κ3) is 4.39. The minimum atomic E-state index is 0.157. The minimum absolute atomic E-state index is 0.157. The van der Waals surface area contributed by atoms with Gasteiger partial charge in [0.05, 0.1) is 20.8 Å². The fraction of sp³-hybridized carbons (Fsp3) is 0.368. The lowest BCUT2D eigenvalue weighted by Gasteiger charge is -2.19. The number of hydrogen-bond donors (Lipinski definition) is 1. The van der Waals surface area contributed by atoms with Crippen LogP contribution in [0.3, 0.4) is 0 Å². The summed E-state index contributed by atoms with van der Waals surface area (Å²) in [5.74, 6) is 2.71. The molecule has 4 heteroatoms. The van der Waals surface area contributed by atoms with Crippen molar-refractivity contribution in [2.75, 3.05) is 27.4 Å². The first-order chi connectivity index (χ1) is 11.2. The molecule has 0 radical (unpaired) electrons. The van der Waals surface area contributed by atoms with Gasteiger partial charge in [0.1, 0.15) is 17.2 Å². The van der Waals surface area contributed by atoms with Crippen molar-refractivity contribution in [2.24, 2.45) is 5.73 Å². The van der Waals surface area contributed by atoms with Gasteiger partial charge in [-0.2, -0.15) is 0 Å². The lowest BCUT2D eigenvalue weighted by Crippen LogP contribution is -2.16. The van der Waals surface area contributed by atoms with Crippen LogP contribution in [0.5, 0.6) is 17.2 Å². The molecule has 2 aromatic carbocycles. The maximum atomic E-state index is 5.98. The molecule has 0 aliphatic carbocycles. The molecule has 0 heterocycles. The van der Waals surface area contributed by atoms with Gasteiger partial charge in [-0.3, -0.25) is 0 Å². The second kappa shape index (κ2) is 8.44. The van der Waals surface area contributed by atoms with Gasteiger partial charge in [-0.15, -0.1) is 0 Å². The quantitative estimate of drug-likeness (QED) is 0.810. The van der Waals surface area contributed by atoms with Crippen LogP contribution < -0.4 is 19.9 Å². The van der Waals surface area contributed by atoms with Gasteiger partial charge in [0.25, 0.3) is 0 Å². The molecule has 0 fully saturated rings. The molecule has 0 spiro atoms. The van der Waals surface area contributed by atoms with Gasteiger partial charge in [0.15, 0.2) is 0 Å². The van der Waals surface area contributed by atoms with E-state index < -0.39 is 0 Å². The van der Waals surface area contributed by atoms with Crippen molar-refractivity contribution in [3.05, 3.63) is 53.6 Å². The van der Waals surface area contributed by atoms with Crippen LogP contribution in [0.25, 0.3) is 0 Å². The Kier molecular flexibility index (Phi) is 6.29. The van der Waals surface area contributed by atoms with E-state index in [9.17, 15) is 0 Å². The van der Waals surface area contributed by atoms with Gasteiger partial charge in [0.2, 0.25) is 0 Å². The second-order valence-corrected chi connectivity index (χ2v) is 5.44. The first-order valence-corrected chi connectivity index (χ1v) is 7.80. The topological polar surface area (TPSA) is 53.7 Å². The summed E-state index contributed by atoms with van der Waals surface area (Å²) in [5, 5.41) is 0. The molecule has 0 saturated heterocycles. The Hall–Kier alpha value is -2.20. The molecule has 0 amide bonds. The molecule has 1 unspecified atom stereocenters. The van der Waals surface area contributed by atoms with E-state index in [1.54, 1.807) is 14.2 Å². The average molecular weight is 315 g/mol. The maximum Gasteiger partial charge on any atom is 0.122 e. The van der Waals surface area contributed by atoms with E-state index in [1.165, 1.54) is 0 Å². The van der Waals surface area contributed by atoms with E-state index in [1.807, 2.05) is 49.4 Å². The summed E-state index contributed by atoms with van der Waals surface area (Å²) in [4.78, 5) is 0. The fourth-order valence-corrected chi connectivity index (χ4v) is 2.59. The molecular formula is C19H25NO3. The summed E-state index contributed by atoms with van der Waals surface area (Å²) in [5.41, 5.74) is 8.17. The molecule has 0 bridgehead atoms. The highest BCUT2D eigenvalue weighted by Gasteiger charge is 2.16. The van der Waals surface area contributed by atoms with Crippen LogP contribution in [0.4, 0.5) is 0 Å². The molecule has 4 nitrogen and oxygen atoms in total. The Morgan fingerprint density at radius 3 is 2.43 bits per heavy atom. The number of aryl methyl sites for hydroxylation is 1. The van der Waals surface area contributed by atoms with Gasteiger partial charge in [-0.25, -0.2) is 0 Å². The van der Waals surface area contributed by atoms with Gasteiger partial charge in [0, 0.05) is 11.5 Å². The largest absolute Gasteiger partial charge is 0.497 e. The number of para-hydroxylation sites is 1. The third-order valence-electron chi connectivity index (χ3n) is 3.98. The van der Waals surface area contributed by atoms with Gasteiger partial charge in [-0.05, 0) is 49.7 Å². The van der Waals surface area contributed by atoms with Crippen LogP contribution in [-0.4, -0.2) is 27.4 Å². The average Bonchev–Trinajstić information content (AvgIpc) is 2.59. The summed E-state index contributed by atoms with van der Waals surface area (Å²) in [6.45, 7) is 3.18. The molecule has 124 valence electrons. The van der Waals surface area contributed by atoms with E-state index in [0.717, 1.165) is 34.8 Å². The first-order valence-electron chi connectivity index (χ1n) is 7.80. The third-order valence-corrected chi connectivity index (χ3v) is 3.98. The zero-order valence-electron chi connectivity index (χ0n) is 14.0. The van der Waals surface area contributed by atoms with Crippen LogP contribution >= 0.6 is 0 Å². The van der Waals surface area contributed by atoms with E-state index in [0.29, 0.717) is 13.2 Å². The SMILES string of the molecule is COc1ccc(OC)c(C(CN)CCOc2ccccc2C)c1. The van der Waals surface area contributed by atoms with Crippen molar-refractivity contribution in [3.8, 4) is 17.2 Å². The maximum absolute atomic E-state index is 5.98. The Morgan fingerprint density at radius 2 is 1.78 bits per heavy atom. The van der Waals surface area contributed by atoms with Crippen molar-refractivity contribution < 1.29 is 14.2 Å². The summed E-state index contributed by atoms with van der Waals surface area (Å²) in [6.07, 6.45) is 0.814. The van der Waals surface area contributed by atoms with Crippen LogP contribution in [0.15, 0.2) is 42.5 Å². The van der Waals surface area contributed by atoms with Crippen molar-refractivity contribution in [1.82, 2.24) is 0 Å². The molecule has 23 heavy (non-hydrogen) atoms. The second-order valence-electron chi connectivity index (χ2n) is 5.44. The van der Waals surface area contributed by atoms with Crippen LogP contribution in [0, 0.1) is 6.92 Å². The first kappa shape index (κ1) is 17.2. The molecule has 1 atom stereocenters. The minimum Gasteiger partial charge on any atom is -0.497 e. The standard InChI is InChI=1S/C19H25NO3/c1-14-6-4-5-7-18(14)23-11-10-15(13-20)17-12-16(21-2)8-9-19(17)22-3/h4-9,12,15H,10-11,13,20H2,1-3H3. The lowest BCUT2D eigenvalue weighted by molar-refractivity contribution is 0.294. The van der Waals surface area contributed by atoms with E-state index in [2.05, 4.69) is 0 Å². The number of ether oxygens (including phenoxy) is 3. The summed E-state index contributed by atoms with van der Waals surface area (Å²) < 4.78 is 16.7. The van der Waals surface area contributed by atoms with E-state index >= 15 is 0 Å². The predicted octanol–water partition coefficient (Wildman–Crippen LogP) is 3.52. The highest BCUT2D eigenvalue weighted by Crippen LogP contribution is 2.32. The lowest BCUT2D eigenvalue weighted by atomic mass is 9.95. The molecular weight excluding hydrogens is 290 g/mol. The fourth-order valence-electron chi connectivity index (χ4n) is 2.59. The smallest absolute Gasteiger partial charge is 0.122 e. The van der Waals surface area contributed by atoms with Crippen LogP contribution in [0.1, 0.15) is 23.5 Å². The molecule has 0 saturated carbocycles. The Morgan fingerprint density at radius 1 is 1.00 bits per heavy atom. The Labute approximate surface area is 138 Å². The summed E-state index contributed by atoms with van der Waals surface area (Å²) >= 11 is 0. The van der Waals surface area contributed by atoms with Crippen molar-refractivity contribution >= 4 is 0 Å². The van der Waals surface area contributed by atoms with Crippen molar-refractivity contribution in [2.45, 2.75) is 19.3 Å². The normalized spacial score (nSPS) is 11.8. The van der Waals surface area contributed by atoms with Gasteiger partial charge in [-0.1, -0.05) is 18.2 Å². The zero-order valence-corrected chi connectivity index (χ0v) is 14.0. The van der Waals surface area contributed by atoms with Gasteiger partial charge < -0.3 is 19.9 Å². The number of methoxy groups -OCH3 is 2. The van der Waals surface area contributed by atoms with E-state index in [4.69, 9.17) is 19.9 Å². The Balaban J connectivity index is 2.06. The highest BCUT2D eigenvalue weighted by atomic mass is 16.5. The van der Waals surface area contributed by atoms with Crippen molar-refractivity contribution in [1.29, 1.82) is 0 Å². The van der Waals surface area contributed by atoms with Gasteiger partial charge >= 0.3 is 0 Å². The predicted molar refractivity (Wildman–Crippen MR) is 92.6 cm³/mol. The number of nitrogens with two attached hydrogens (primary N) is 1. The molecule has 2 N–H and O–H groups in total. The monoisotopic (exact) mass is 315 g/mol. The van der Waals surface area contributed by atoms with E-state index in [-0.39, 0.29) is 5.92 Å². The summed E-state index contributed by atoms with van der Waals surface area (Å²) in [7, 11) is 3.33. The number of benzene rings is 2. The molecule has 0 aliphatic heterocycles. The van der Waals surface area contributed by atoms with Crippen LogP contribution in [-0.2, 0) is 0 Å². The Bertz CT molecular complexity index is 628. The molecule has 0 aliphatic rings. The highest BCUT2D eigenvalue weighted by molar-refractivity contribution is 5.42. The molecule has 2 rings (SSSR count). The number of rotatable bonds is 8. The van der Waals surface area contributed by atoms with Crippen molar-refractivity contribution in [3.63, 3.8) is 0 Å². The molecule has 2 aromatic rings.